The molecule has 168 valence electrons. The Hall–Kier alpha value is -2.74. The van der Waals surface area contributed by atoms with Crippen LogP contribution in [0.2, 0.25) is 0 Å². The van der Waals surface area contributed by atoms with E-state index in [9.17, 15) is 13.2 Å². The van der Waals surface area contributed by atoms with Crippen molar-refractivity contribution in [2.24, 2.45) is 5.92 Å². The molecule has 3 aromatic rings. The molecule has 2 aliphatic rings. The summed E-state index contributed by atoms with van der Waals surface area (Å²) in [5.41, 5.74) is 2.94. The second-order valence-electron chi connectivity index (χ2n) is 9.02. The third-order valence-electron chi connectivity index (χ3n) is 7.10. The van der Waals surface area contributed by atoms with E-state index in [-0.39, 0.29) is 11.0 Å². The topological polar surface area (TPSA) is 59.9 Å². The third-order valence-corrected chi connectivity index (χ3v) is 7.10. The van der Waals surface area contributed by atoms with Crippen LogP contribution in [0.1, 0.15) is 53.8 Å². The number of ether oxygens (including phenoxy) is 1. The fraction of sp³-hybridized carbons (Fsp3) is 0.458. The quantitative estimate of drug-likeness (QED) is 0.577. The lowest BCUT2D eigenvalue weighted by molar-refractivity contribution is -0.138. The van der Waals surface area contributed by atoms with Gasteiger partial charge in [-0.3, -0.25) is 4.98 Å². The van der Waals surface area contributed by atoms with Gasteiger partial charge in [0.2, 0.25) is 0 Å². The molecule has 1 N–H and O–H groups in total. The van der Waals surface area contributed by atoms with Gasteiger partial charge in [-0.2, -0.15) is 18.3 Å². The minimum absolute atomic E-state index is 0.122. The van der Waals surface area contributed by atoms with Crippen molar-refractivity contribution in [3.8, 4) is 0 Å². The van der Waals surface area contributed by atoms with Gasteiger partial charge in [-0.25, -0.2) is 0 Å². The number of hydrogen-bond acceptors (Lipinski definition) is 5. The van der Waals surface area contributed by atoms with Gasteiger partial charge in [-0.05, 0) is 68.4 Å². The molecule has 1 aliphatic carbocycles. The second-order valence-corrected chi connectivity index (χ2v) is 9.02. The summed E-state index contributed by atoms with van der Waals surface area (Å²) >= 11 is 0. The molecule has 3 heterocycles. The van der Waals surface area contributed by atoms with Gasteiger partial charge in [0.15, 0.2) is 5.82 Å². The molecule has 8 heteroatoms. The molecular weight excluding hydrogens is 417 g/mol. The molecule has 0 spiro atoms. The number of hydrogen-bond donors (Lipinski definition) is 1. The normalized spacial score (nSPS) is 23.6. The number of pyridine rings is 1. The van der Waals surface area contributed by atoms with E-state index in [1.54, 1.807) is 6.07 Å². The molecule has 1 aromatic carbocycles. The molecule has 1 saturated heterocycles. The highest BCUT2D eigenvalue weighted by molar-refractivity contribution is 5.90. The van der Waals surface area contributed by atoms with Gasteiger partial charge in [0.25, 0.3) is 0 Å². The largest absolute Gasteiger partial charge is 0.416 e. The van der Waals surface area contributed by atoms with Crippen molar-refractivity contribution in [1.29, 1.82) is 0 Å². The summed E-state index contributed by atoms with van der Waals surface area (Å²) in [6.07, 6.45) is -0.378. The zero-order valence-corrected chi connectivity index (χ0v) is 18.3. The summed E-state index contributed by atoms with van der Waals surface area (Å²) in [5, 5.41) is 12.7. The van der Waals surface area contributed by atoms with E-state index in [4.69, 9.17) is 9.72 Å². The van der Waals surface area contributed by atoms with Crippen LogP contribution in [0.4, 0.5) is 19.0 Å². The van der Waals surface area contributed by atoms with Crippen molar-refractivity contribution in [3.63, 3.8) is 0 Å². The number of nitrogens with zero attached hydrogens (tertiary/aromatic N) is 3. The van der Waals surface area contributed by atoms with Crippen molar-refractivity contribution in [2.75, 3.05) is 18.5 Å². The fourth-order valence-electron chi connectivity index (χ4n) is 5.13. The highest BCUT2D eigenvalue weighted by Gasteiger charge is 2.56. The van der Waals surface area contributed by atoms with Crippen LogP contribution < -0.4 is 5.32 Å². The number of nitrogens with one attached hydrogen (secondary N) is 1. The molecule has 3 atom stereocenters. The highest BCUT2D eigenvalue weighted by atomic mass is 19.4. The van der Waals surface area contributed by atoms with E-state index >= 15 is 0 Å². The number of alkyl halides is 3. The minimum atomic E-state index is -4.39. The molecule has 0 amide bonds. The Balaban J connectivity index is 1.52. The number of rotatable bonds is 4. The van der Waals surface area contributed by atoms with Crippen LogP contribution in [0.5, 0.6) is 0 Å². The first-order valence-corrected chi connectivity index (χ1v) is 10.9. The Kier molecular flexibility index (Phi) is 4.89. The highest BCUT2D eigenvalue weighted by Crippen LogP contribution is 2.59. The maximum absolute atomic E-state index is 13.4. The molecule has 2 fully saturated rings. The first-order chi connectivity index (χ1) is 15.2. The van der Waals surface area contributed by atoms with Crippen molar-refractivity contribution < 1.29 is 17.9 Å². The molecule has 2 unspecified atom stereocenters. The average Bonchev–Trinajstić information content (AvgIpc) is 3.51. The van der Waals surface area contributed by atoms with Crippen LogP contribution in [0.25, 0.3) is 10.9 Å². The van der Waals surface area contributed by atoms with E-state index in [1.165, 1.54) is 18.6 Å². The molecule has 5 rings (SSSR count). The summed E-state index contributed by atoms with van der Waals surface area (Å²) in [7, 11) is 0. The molecule has 5 nitrogen and oxygen atoms in total. The number of fused-ring (bicyclic) bond motifs is 2. The Morgan fingerprint density at radius 1 is 1.22 bits per heavy atom. The van der Waals surface area contributed by atoms with Gasteiger partial charge >= 0.3 is 6.18 Å². The first kappa shape index (κ1) is 21.1. The van der Waals surface area contributed by atoms with E-state index in [2.05, 4.69) is 21.6 Å². The van der Waals surface area contributed by atoms with E-state index in [1.807, 2.05) is 20.0 Å². The number of benzene rings is 1. The van der Waals surface area contributed by atoms with Crippen LogP contribution in [0.3, 0.4) is 0 Å². The Labute approximate surface area is 184 Å². The standard InChI is InChI=1S/C24H25F3N4O/c1-13-18(5-4-6-20(13)24(25,26)27)14(2)29-22-19-9-16(11-28-21(19)15(3)30-31-22)23-7-8-32-12-17(23)10-23/h4-6,9,11,14,17H,7-8,10,12H2,1-3H3,(H,29,31)/t14-,17?,23?/m1/s1. The zero-order valence-electron chi connectivity index (χ0n) is 18.3. The maximum atomic E-state index is 13.4. The minimum Gasteiger partial charge on any atom is -0.381 e. The molecule has 2 aromatic heterocycles. The summed E-state index contributed by atoms with van der Waals surface area (Å²) in [4.78, 5) is 4.70. The lowest BCUT2D eigenvalue weighted by Gasteiger charge is -2.24. The van der Waals surface area contributed by atoms with Gasteiger partial charge < -0.3 is 10.1 Å². The predicted octanol–water partition coefficient (Wildman–Crippen LogP) is 5.51. The molecule has 32 heavy (non-hydrogen) atoms. The molecule has 1 aliphatic heterocycles. The maximum Gasteiger partial charge on any atom is 0.416 e. The molecule has 0 bridgehead atoms. The zero-order chi connectivity index (χ0) is 22.7. The molecule has 1 saturated carbocycles. The smallest absolute Gasteiger partial charge is 0.381 e. The first-order valence-electron chi connectivity index (χ1n) is 10.9. The van der Waals surface area contributed by atoms with Crippen LogP contribution in [0, 0.1) is 19.8 Å². The SMILES string of the molecule is Cc1c([C@@H](C)Nc2nnc(C)c3ncc(C45CCOCC4C5)cc23)cccc1C(F)(F)F. The van der Waals surface area contributed by atoms with Crippen molar-refractivity contribution in [1.82, 2.24) is 15.2 Å². The number of aryl methyl sites for hydroxylation is 1. The summed E-state index contributed by atoms with van der Waals surface area (Å²) < 4.78 is 45.7. The average molecular weight is 442 g/mol. The van der Waals surface area contributed by atoms with E-state index in [0.29, 0.717) is 17.3 Å². The number of aromatic nitrogens is 3. The summed E-state index contributed by atoms with van der Waals surface area (Å²) in [6, 6.07) is 6.01. The van der Waals surface area contributed by atoms with Crippen LogP contribution >= 0.6 is 0 Å². The molecule has 0 radical (unpaired) electrons. The Morgan fingerprint density at radius 2 is 2.03 bits per heavy atom. The third kappa shape index (κ3) is 3.41. The number of halogens is 3. The van der Waals surface area contributed by atoms with Crippen LogP contribution in [-0.2, 0) is 16.3 Å². The lowest BCUT2D eigenvalue weighted by Crippen LogP contribution is -2.22. The van der Waals surface area contributed by atoms with Crippen LogP contribution in [0.15, 0.2) is 30.5 Å². The fourth-order valence-corrected chi connectivity index (χ4v) is 5.13. The van der Waals surface area contributed by atoms with E-state index < -0.39 is 17.8 Å². The Morgan fingerprint density at radius 3 is 2.78 bits per heavy atom. The second kappa shape index (κ2) is 7.40. The predicted molar refractivity (Wildman–Crippen MR) is 116 cm³/mol. The van der Waals surface area contributed by atoms with Gasteiger partial charge in [0, 0.05) is 23.6 Å². The molecular formula is C24H25F3N4O. The van der Waals surface area contributed by atoms with Gasteiger partial charge in [-0.15, -0.1) is 5.10 Å². The Bertz CT molecular complexity index is 1200. The van der Waals surface area contributed by atoms with Crippen molar-refractivity contribution in [3.05, 3.63) is 58.4 Å². The van der Waals surface area contributed by atoms with E-state index in [0.717, 1.165) is 48.7 Å². The lowest BCUT2D eigenvalue weighted by atomic mass is 9.89. The summed E-state index contributed by atoms with van der Waals surface area (Å²) in [6.45, 7) is 6.73. The van der Waals surface area contributed by atoms with Gasteiger partial charge in [-0.1, -0.05) is 12.1 Å². The van der Waals surface area contributed by atoms with Crippen molar-refractivity contribution >= 4 is 16.7 Å². The summed E-state index contributed by atoms with van der Waals surface area (Å²) in [5.74, 6) is 1.06. The van der Waals surface area contributed by atoms with Gasteiger partial charge in [0.05, 0.1) is 29.4 Å². The van der Waals surface area contributed by atoms with Crippen molar-refractivity contribution in [2.45, 2.75) is 51.2 Å². The van der Waals surface area contributed by atoms with Crippen LogP contribution in [-0.4, -0.2) is 28.4 Å². The van der Waals surface area contributed by atoms with Gasteiger partial charge in [0.1, 0.15) is 0 Å². The monoisotopic (exact) mass is 442 g/mol. The number of anilines is 1.